The highest BCUT2D eigenvalue weighted by Crippen LogP contribution is 2.31. The minimum absolute atomic E-state index is 0.0113. The van der Waals surface area contributed by atoms with Crippen LogP contribution in [0.4, 0.5) is 5.69 Å². The second-order valence-corrected chi connectivity index (χ2v) is 8.41. The van der Waals surface area contributed by atoms with Gasteiger partial charge in [0.15, 0.2) is 0 Å². The number of nitro groups is 1. The number of hydrogen-bond donors (Lipinski definition) is 1. The van der Waals surface area contributed by atoms with Crippen molar-refractivity contribution in [3.05, 3.63) is 104 Å². The van der Waals surface area contributed by atoms with Crippen LogP contribution >= 0.6 is 11.6 Å². The van der Waals surface area contributed by atoms with E-state index in [1.807, 2.05) is 6.07 Å². The molecule has 0 aliphatic carbocycles. The number of carbonyl (C=O) groups is 2. The Labute approximate surface area is 206 Å². The van der Waals surface area contributed by atoms with Gasteiger partial charge in [-0.3, -0.25) is 24.3 Å². The van der Waals surface area contributed by atoms with E-state index in [-0.39, 0.29) is 30.5 Å². The summed E-state index contributed by atoms with van der Waals surface area (Å²) in [5, 5.41) is 14.9. The lowest BCUT2D eigenvalue weighted by Crippen LogP contribution is -2.25. The van der Waals surface area contributed by atoms with Gasteiger partial charge in [0.1, 0.15) is 5.75 Å². The van der Waals surface area contributed by atoms with Crippen molar-refractivity contribution in [1.29, 1.82) is 0 Å². The largest absolute Gasteiger partial charge is 0.497 e. The molecule has 1 heterocycles. The van der Waals surface area contributed by atoms with Crippen LogP contribution < -0.4 is 10.1 Å². The standard InChI is InChI=1S/C26H22ClN3O5/c1-16-22(14-25(31)28-15-17-3-9-20(10-4-17)30(33)34)23-13-21(35-2)11-12-24(23)29(16)26(32)18-5-7-19(27)8-6-18/h3-13H,14-15H2,1-2H3,(H,28,31). The molecule has 1 aromatic heterocycles. The van der Waals surface area contributed by atoms with Crippen LogP contribution in [0.5, 0.6) is 5.75 Å². The van der Waals surface area contributed by atoms with E-state index in [0.717, 1.165) is 10.9 Å². The second-order valence-electron chi connectivity index (χ2n) is 7.97. The molecule has 0 spiro atoms. The molecule has 0 radical (unpaired) electrons. The Morgan fingerprint density at radius 3 is 2.37 bits per heavy atom. The molecule has 0 atom stereocenters. The first-order valence-electron chi connectivity index (χ1n) is 10.8. The van der Waals surface area contributed by atoms with Gasteiger partial charge in [0.25, 0.3) is 11.6 Å². The second kappa shape index (κ2) is 9.99. The third kappa shape index (κ3) is 5.02. The van der Waals surface area contributed by atoms with Gasteiger partial charge in [0.2, 0.25) is 5.91 Å². The van der Waals surface area contributed by atoms with Crippen LogP contribution in [-0.4, -0.2) is 28.4 Å². The molecule has 4 rings (SSSR count). The van der Waals surface area contributed by atoms with E-state index >= 15 is 0 Å². The highest BCUT2D eigenvalue weighted by Gasteiger charge is 2.22. The number of methoxy groups -OCH3 is 1. The Bertz CT molecular complexity index is 1430. The summed E-state index contributed by atoms with van der Waals surface area (Å²) in [4.78, 5) is 36.6. The monoisotopic (exact) mass is 491 g/mol. The maximum atomic E-state index is 13.4. The molecular weight excluding hydrogens is 470 g/mol. The first kappa shape index (κ1) is 24.0. The lowest BCUT2D eigenvalue weighted by Gasteiger charge is -2.08. The number of nitro benzene ring substituents is 1. The van der Waals surface area contributed by atoms with E-state index < -0.39 is 4.92 Å². The molecule has 0 saturated heterocycles. The molecule has 35 heavy (non-hydrogen) atoms. The van der Waals surface area contributed by atoms with E-state index in [1.54, 1.807) is 67.1 Å². The van der Waals surface area contributed by atoms with Gasteiger partial charge in [0, 0.05) is 40.3 Å². The number of fused-ring (bicyclic) bond motifs is 1. The number of amides is 1. The molecule has 1 amide bonds. The zero-order chi connectivity index (χ0) is 25.1. The van der Waals surface area contributed by atoms with Crippen LogP contribution in [0.2, 0.25) is 5.02 Å². The topological polar surface area (TPSA) is 103 Å². The predicted molar refractivity (Wildman–Crippen MR) is 133 cm³/mol. The summed E-state index contributed by atoms with van der Waals surface area (Å²) in [7, 11) is 1.56. The van der Waals surface area contributed by atoms with E-state index in [4.69, 9.17) is 16.3 Å². The molecule has 0 unspecified atom stereocenters. The van der Waals surface area contributed by atoms with Crippen LogP contribution in [0.1, 0.15) is 27.2 Å². The molecule has 178 valence electrons. The number of nitrogens with zero attached hydrogens (tertiary/aromatic N) is 2. The number of rotatable bonds is 7. The summed E-state index contributed by atoms with van der Waals surface area (Å²) in [5.41, 5.74) is 3.23. The molecule has 0 bridgehead atoms. The summed E-state index contributed by atoms with van der Waals surface area (Å²) in [5.74, 6) is 0.139. The minimum atomic E-state index is -0.472. The van der Waals surface area contributed by atoms with Crippen molar-refractivity contribution >= 4 is 40.0 Å². The fraction of sp³-hybridized carbons (Fsp3) is 0.154. The van der Waals surface area contributed by atoms with Gasteiger partial charge in [0.05, 0.1) is 24.0 Å². The van der Waals surface area contributed by atoms with Crippen molar-refractivity contribution in [2.24, 2.45) is 0 Å². The summed E-state index contributed by atoms with van der Waals surface area (Å²) >= 11 is 5.97. The zero-order valence-corrected chi connectivity index (χ0v) is 19.8. The summed E-state index contributed by atoms with van der Waals surface area (Å²) in [6.07, 6.45) is 0.0450. The summed E-state index contributed by atoms with van der Waals surface area (Å²) in [6, 6.07) is 18.0. The Morgan fingerprint density at radius 1 is 1.06 bits per heavy atom. The predicted octanol–water partition coefficient (Wildman–Crippen LogP) is 5.07. The van der Waals surface area contributed by atoms with Crippen LogP contribution in [0.15, 0.2) is 66.7 Å². The van der Waals surface area contributed by atoms with Gasteiger partial charge in [-0.1, -0.05) is 23.7 Å². The van der Waals surface area contributed by atoms with Gasteiger partial charge in [-0.2, -0.15) is 0 Å². The maximum absolute atomic E-state index is 13.4. The number of ether oxygens (including phenoxy) is 1. The van der Waals surface area contributed by atoms with E-state index in [2.05, 4.69) is 5.32 Å². The number of hydrogen-bond acceptors (Lipinski definition) is 5. The Balaban J connectivity index is 1.62. The molecular formula is C26H22ClN3O5. The molecule has 0 aliphatic heterocycles. The number of aromatic nitrogens is 1. The SMILES string of the molecule is COc1ccc2c(c1)c(CC(=O)NCc1ccc([N+](=O)[O-])cc1)c(C)n2C(=O)c1ccc(Cl)cc1. The third-order valence-electron chi connectivity index (χ3n) is 5.81. The number of benzene rings is 3. The van der Waals surface area contributed by atoms with Crippen molar-refractivity contribution in [3.63, 3.8) is 0 Å². The Kier molecular flexibility index (Phi) is 6.84. The average molecular weight is 492 g/mol. The van der Waals surface area contributed by atoms with E-state index in [0.29, 0.717) is 33.1 Å². The quantitative estimate of drug-likeness (QED) is 0.287. The molecule has 0 aliphatic rings. The highest BCUT2D eigenvalue weighted by molar-refractivity contribution is 6.30. The van der Waals surface area contributed by atoms with Gasteiger partial charge >= 0.3 is 0 Å². The smallest absolute Gasteiger partial charge is 0.269 e. The van der Waals surface area contributed by atoms with Gasteiger partial charge in [-0.05, 0) is 60.5 Å². The van der Waals surface area contributed by atoms with Crippen molar-refractivity contribution in [2.45, 2.75) is 19.9 Å². The van der Waals surface area contributed by atoms with Crippen molar-refractivity contribution in [1.82, 2.24) is 9.88 Å². The normalized spacial score (nSPS) is 10.8. The minimum Gasteiger partial charge on any atom is -0.497 e. The fourth-order valence-electron chi connectivity index (χ4n) is 3.95. The Hall–Kier alpha value is -4.17. The number of carbonyl (C=O) groups excluding carboxylic acids is 2. The molecule has 0 fully saturated rings. The van der Waals surface area contributed by atoms with Crippen molar-refractivity contribution in [2.75, 3.05) is 7.11 Å². The lowest BCUT2D eigenvalue weighted by molar-refractivity contribution is -0.384. The zero-order valence-electron chi connectivity index (χ0n) is 19.1. The molecule has 0 saturated carbocycles. The first-order valence-corrected chi connectivity index (χ1v) is 11.1. The first-order chi connectivity index (χ1) is 16.8. The average Bonchev–Trinajstić information content (AvgIpc) is 3.13. The summed E-state index contributed by atoms with van der Waals surface area (Å²) < 4.78 is 6.96. The number of non-ortho nitro benzene ring substituents is 1. The van der Waals surface area contributed by atoms with Gasteiger partial charge in [-0.25, -0.2) is 0 Å². The molecule has 4 aromatic rings. The van der Waals surface area contributed by atoms with Crippen LogP contribution in [-0.2, 0) is 17.8 Å². The van der Waals surface area contributed by atoms with Crippen LogP contribution in [0, 0.1) is 17.0 Å². The maximum Gasteiger partial charge on any atom is 0.269 e. The third-order valence-corrected chi connectivity index (χ3v) is 6.06. The molecule has 8 nitrogen and oxygen atoms in total. The van der Waals surface area contributed by atoms with Crippen molar-refractivity contribution < 1.29 is 19.2 Å². The lowest BCUT2D eigenvalue weighted by atomic mass is 10.1. The van der Waals surface area contributed by atoms with Crippen LogP contribution in [0.25, 0.3) is 10.9 Å². The molecule has 1 N–H and O–H groups in total. The van der Waals surface area contributed by atoms with E-state index in [9.17, 15) is 19.7 Å². The molecule has 3 aromatic carbocycles. The number of nitrogens with one attached hydrogen (secondary N) is 1. The highest BCUT2D eigenvalue weighted by atomic mass is 35.5. The summed E-state index contributed by atoms with van der Waals surface area (Å²) in [6.45, 7) is 2.03. The van der Waals surface area contributed by atoms with E-state index in [1.165, 1.54) is 12.1 Å². The van der Waals surface area contributed by atoms with Gasteiger partial charge < -0.3 is 10.1 Å². The van der Waals surface area contributed by atoms with Crippen molar-refractivity contribution in [3.8, 4) is 5.75 Å². The Morgan fingerprint density at radius 2 is 1.74 bits per heavy atom. The fourth-order valence-corrected chi connectivity index (χ4v) is 4.08. The van der Waals surface area contributed by atoms with Crippen LogP contribution in [0.3, 0.4) is 0 Å². The number of halogens is 1. The molecule has 9 heteroatoms. The van der Waals surface area contributed by atoms with Gasteiger partial charge in [-0.15, -0.1) is 0 Å².